The molecule has 0 aromatic heterocycles. The first-order valence-corrected chi connectivity index (χ1v) is 7.09. The lowest BCUT2D eigenvalue weighted by Crippen LogP contribution is -2.42. The number of aryl methyl sites for hydroxylation is 1. The fourth-order valence-corrected chi connectivity index (χ4v) is 3.29. The van der Waals surface area contributed by atoms with Crippen LogP contribution in [0.4, 0.5) is 5.69 Å². The highest BCUT2D eigenvalue weighted by Crippen LogP contribution is 2.32. The maximum atomic E-state index is 2.49. The van der Waals surface area contributed by atoms with Crippen molar-refractivity contribution in [3.8, 4) is 0 Å². The smallest absolute Gasteiger partial charge is 0.0554 e. The van der Waals surface area contributed by atoms with Crippen LogP contribution in [-0.4, -0.2) is 11.6 Å². The largest absolute Gasteiger partial charge is 0.305 e. The molecule has 2 aromatic rings. The minimum Gasteiger partial charge on any atom is -0.305 e. The Balaban J connectivity index is 1.66. The van der Waals surface area contributed by atoms with E-state index in [1.807, 2.05) is 0 Å². The quantitative estimate of drug-likeness (QED) is 0.765. The van der Waals surface area contributed by atoms with Crippen molar-refractivity contribution >= 4 is 5.69 Å². The first kappa shape index (κ1) is 11.1. The number of nitrogens with zero attached hydrogens (tertiary/aromatic N) is 2. The molecule has 2 heterocycles. The number of para-hydroxylation sites is 1. The fraction of sp³-hybridized carbons (Fsp3) is 0.294. The van der Waals surface area contributed by atoms with Crippen LogP contribution in [0.1, 0.15) is 23.1 Å². The Morgan fingerprint density at radius 3 is 2.11 bits per heavy atom. The van der Waals surface area contributed by atoms with Crippen LogP contribution in [0.5, 0.6) is 0 Å². The zero-order valence-electron chi connectivity index (χ0n) is 11.0. The van der Waals surface area contributed by atoms with E-state index in [2.05, 4.69) is 58.5 Å². The Morgan fingerprint density at radius 2 is 1.37 bits per heavy atom. The second-order valence-electron chi connectivity index (χ2n) is 5.45. The lowest BCUT2D eigenvalue weighted by atomic mass is 10.0. The molecular formula is C17H18N2. The predicted molar refractivity (Wildman–Crippen MR) is 77.8 cm³/mol. The number of rotatable bonds is 1. The van der Waals surface area contributed by atoms with Gasteiger partial charge in [0.2, 0.25) is 0 Å². The van der Waals surface area contributed by atoms with E-state index in [1.165, 1.54) is 35.2 Å². The number of hydrogen-bond acceptors (Lipinski definition) is 2. The van der Waals surface area contributed by atoms with Gasteiger partial charge in [0, 0.05) is 19.6 Å². The van der Waals surface area contributed by atoms with E-state index in [0.29, 0.717) is 0 Å². The van der Waals surface area contributed by atoms with Crippen LogP contribution < -0.4 is 5.01 Å². The zero-order chi connectivity index (χ0) is 12.7. The van der Waals surface area contributed by atoms with Gasteiger partial charge in [-0.3, -0.25) is 0 Å². The van der Waals surface area contributed by atoms with Crippen LogP contribution in [0, 0.1) is 0 Å². The number of anilines is 1. The highest BCUT2D eigenvalue weighted by Gasteiger charge is 2.27. The normalized spacial score (nSPS) is 18.2. The molecule has 0 aliphatic carbocycles. The van der Waals surface area contributed by atoms with Gasteiger partial charge in [0.05, 0.1) is 5.69 Å². The molecule has 2 heteroatoms. The Morgan fingerprint density at radius 1 is 0.737 bits per heavy atom. The molecular weight excluding hydrogens is 232 g/mol. The van der Waals surface area contributed by atoms with Gasteiger partial charge in [0.1, 0.15) is 0 Å². The summed E-state index contributed by atoms with van der Waals surface area (Å²) in [5, 5.41) is 4.97. The van der Waals surface area contributed by atoms with Gasteiger partial charge in [-0.1, -0.05) is 42.5 Å². The third-order valence-electron chi connectivity index (χ3n) is 4.25. The average Bonchev–Trinajstić information content (AvgIpc) is 2.90. The topological polar surface area (TPSA) is 6.48 Å². The SMILES string of the molecule is c1ccc2c(c1)CN(N1CCCc3ccccc31)C2. The number of fused-ring (bicyclic) bond motifs is 2. The van der Waals surface area contributed by atoms with Gasteiger partial charge in [-0.15, -0.1) is 0 Å². The van der Waals surface area contributed by atoms with Gasteiger partial charge >= 0.3 is 0 Å². The van der Waals surface area contributed by atoms with E-state index in [-0.39, 0.29) is 0 Å². The minimum atomic E-state index is 1.05. The summed E-state index contributed by atoms with van der Waals surface area (Å²) in [7, 11) is 0. The molecule has 0 fully saturated rings. The maximum absolute atomic E-state index is 2.49. The summed E-state index contributed by atoms with van der Waals surface area (Å²) < 4.78 is 0. The van der Waals surface area contributed by atoms with Crippen LogP contribution in [0.25, 0.3) is 0 Å². The third-order valence-corrected chi connectivity index (χ3v) is 4.25. The summed E-state index contributed by atoms with van der Waals surface area (Å²) in [5.74, 6) is 0. The molecule has 0 spiro atoms. The second kappa shape index (κ2) is 4.39. The maximum Gasteiger partial charge on any atom is 0.0554 e. The fourth-order valence-electron chi connectivity index (χ4n) is 3.29. The standard InChI is InChI=1S/C17H18N2/c1-2-8-16-13-18(12-15(16)7-1)19-11-5-9-14-6-3-4-10-17(14)19/h1-4,6-8,10H,5,9,11-13H2. The molecule has 0 bridgehead atoms. The Kier molecular flexibility index (Phi) is 2.56. The van der Waals surface area contributed by atoms with Gasteiger partial charge in [0.25, 0.3) is 0 Å². The van der Waals surface area contributed by atoms with Gasteiger partial charge in [0.15, 0.2) is 0 Å². The van der Waals surface area contributed by atoms with Crippen molar-refractivity contribution in [2.24, 2.45) is 0 Å². The lowest BCUT2D eigenvalue weighted by Gasteiger charge is -2.38. The van der Waals surface area contributed by atoms with Crippen LogP contribution in [0.3, 0.4) is 0 Å². The van der Waals surface area contributed by atoms with Gasteiger partial charge in [-0.2, -0.15) is 0 Å². The van der Waals surface area contributed by atoms with Gasteiger partial charge < -0.3 is 5.01 Å². The van der Waals surface area contributed by atoms with E-state index in [1.54, 1.807) is 0 Å². The molecule has 2 nitrogen and oxygen atoms in total. The molecule has 0 saturated heterocycles. The van der Waals surface area contributed by atoms with Crippen molar-refractivity contribution in [3.63, 3.8) is 0 Å². The van der Waals surface area contributed by atoms with Crippen LogP contribution in [-0.2, 0) is 19.5 Å². The molecule has 19 heavy (non-hydrogen) atoms. The van der Waals surface area contributed by atoms with Crippen molar-refractivity contribution < 1.29 is 0 Å². The molecule has 2 aliphatic heterocycles. The number of benzene rings is 2. The number of hydrazine groups is 1. The highest BCUT2D eigenvalue weighted by molar-refractivity contribution is 5.55. The van der Waals surface area contributed by atoms with E-state index in [4.69, 9.17) is 0 Å². The van der Waals surface area contributed by atoms with E-state index in [9.17, 15) is 0 Å². The molecule has 4 rings (SSSR count). The average molecular weight is 250 g/mol. The monoisotopic (exact) mass is 250 g/mol. The van der Waals surface area contributed by atoms with E-state index >= 15 is 0 Å². The lowest BCUT2D eigenvalue weighted by molar-refractivity contribution is 0.249. The molecule has 0 unspecified atom stereocenters. The first-order valence-electron chi connectivity index (χ1n) is 7.09. The van der Waals surface area contributed by atoms with Crippen molar-refractivity contribution in [2.75, 3.05) is 11.6 Å². The molecule has 0 radical (unpaired) electrons. The summed E-state index contributed by atoms with van der Waals surface area (Å²) in [6.07, 6.45) is 2.47. The minimum absolute atomic E-state index is 1.05. The van der Waals surface area contributed by atoms with Crippen molar-refractivity contribution in [2.45, 2.75) is 25.9 Å². The van der Waals surface area contributed by atoms with Crippen molar-refractivity contribution in [1.82, 2.24) is 5.01 Å². The Labute approximate surface area is 114 Å². The van der Waals surface area contributed by atoms with Crippen LogP contribution in [0.15, 0.2) is 48.5 Å². The van der Waals surface area contributed by atoms with Gasteiger partial charge in [-0.25, -0.2) is 5.01 Å². The van der Waals surface area contributed by atoms with E-state index < -0.39 is 0 Å². The van der Waals surface area contributed by atoms with Crippen LogP contribution >= 0.6 is 0 Å². The Bertz CT molecular complexity index is 581. The van der Waals surface area contributed by atoms with Crippen molar-refractivity contribution in [3.05, 3.63) is 65.2 Å². The van der Waals surface area contributed by atoms with Crippen molar-refractivity contribution in [1.29, 1.82) is 0 Å². The zero-order valence-corrected chi connectivity index (χ0v) is 11.0. The molecule has 2 aliphatic rings. The third kappa shape index (κ3) is 1.83. The molecule has 0 N–H and O–H groups in total. The molecule has 0 amide bonds. The number of hydrogen-bond donors (Lipinski definition) is 0. The highest BCUT2D eigenvalue weighted by atomic mass is 15.6. The summed E-state index contributed by atoms with van der Waals surface area (Å²) in [5.41, 5.74) is 5.85. The Hall–Kier alpha value is -1.80. The van der Waals surface area contributed by atoms with Gasteiger partial charge in [-0.05, 0) is 35.6 Å². The predicted octanol–water partition coefficient (Wildman–Crippen LogP) is 3.37. The van der Waals surface area contributed by atoms with E-state index in [0.717, 1.165) is 19.6 Å². The molecule has 96 valence electrons. The van der Waals surface area contributed by atoms with Crippen LogP contribution in [0.2, 0.25) is 0 Å². The summed E-state index contributed by atoms with van der Waals surface area (Å²) in [6, 6.07) is 17.6. The second-order valence-corrected chi connectivity index (χ2v) is 5.45. The summed E-state index contributed by atoms with van der Waals surface area (Å²) >= 11 is 0. The summed E-state index contributed by atoms with van der Waals surface area (Å²) in [4.78, 5) is 0. The molecule has 2 aromatic carbocycles. The molecule has 0 saturated carbocycles. The summed E-state index contributed by atoms with van der Waals surface area (Å²) in [6.45, 7) is 3.24. The first-order chi connectivity index (χ1) is 9.42. The molecule has 0 atom stereocenters.